The van der Waals surface area contributed by atoms with Gasteiger partial charge in [0.05, 0.1) is 49.1 Å². The molecule has 1 saturated heterocycles. The quantitative estimate of drug-likeness (QED) is 0.212. The molecule has 2 aromatic rings. The number of carbonyl (C=O) groups excluding carboxylic acids is 4. The number of hydrogen-bond acceptors (Lipinski definition) is 10. The molecular weight excluding hydrogens is 544 g/mol. The zero-order chi connectivity index (χ0) is 28.9. The van der Waals surface area contributed by atoms with Gasteiger partial charge in [-0.05, 0) is 50.6 Å². The van der Waals surface area contributed by atoms with Gasteiger partial charge in [0, 0.05) is 6.42 Å². The fraction of sp³-hybridized carbons (Fsp3) is 0.407. The predicted octanol–water partition coefficient (Wildman–Crippen LogP) is 1.60. The van der Waals surface area contributed by atoms with E-state index in [4.69, 9.17) is 18.4 Å². The maximum absolute atomic E-state index is 13.1. The molecule has 2 heterocycles. The van der Waals surface area contributed by atoms with Crippen molar-refractivity contribution in [2.75, 3.05) is 39.6 Å². The van der Waals surface area contributed by atoms with E-state index in [0.29, 0.717) is 5.75 Å². The lowest BCUT2D eigenvalue weighted by Gasteiger charge is -2.38. The second kappa shape index (κ2) is 12.3. The van der Waals surface area contributed by atoms with Gasteiger partial charge in [0.25, 0.3) is 27.8 Å². The average molecular weight is 575 g/mol. The van der Waals surface area contributed by atoms with Crippen LogP contribution in [-0.2, 0) is 33.4 Å². The van der Waals surface area contributed by atoms with E-state index in [1.54, 1.807) is 18.2 Å². The van der Waals surface area contributed by atoms with Crippen LogP contribution in [0.4, 0.5) is 0 Å². The highest BCUT2D eigenvalue weighted by atomic mass is 32.2. The summed E-state index contributed by atoms with van der Waals surface area (Å²) >= 11 is 0. The number of benzene rings is 2. The molecular formula is C27H30N2O10S. The van der Waals surface area contributed by atoms with E-state index in [1.165, 1.54) is 31.2 Å². The SMILES string of the molecule is Cc1ccc(S(=O)(=O)OCCOCCOCCOc2ccc3c(c2)C(=O)N(C2(C)CCC(=O)NC2=O)C3=O)cc1. The summed E-state index contributed by atoms with van der Waals surface area (Å²) in [7, 11) is -3.84. The second-order valence-electron chi connectivity index (χ2n) is 9.47. The third kappa shape index (κ3) is 6.39. The van der Waals surface area contributed by atoms with Crippen LogP contribution in [0.5, 0.6) is 5.75 Å². The number of ether oxygens (including phenoxy) is 3. The molecule has 4 amide bonds. The summed E-state index contributed by atoms with van der Waals surface area (Å²) in [6, 6.07) is 10.8. The van der Waals surface area contributed by atoms with E-state index in [0.717, 1.165) is 10.5 Å². The maximum Gasteiger partial charge on any atom is 0.297 e. The van der Waals surface area contributed by atoms with Gasteiger partial charge in [-0.3, -0.25) is 33.6 Å². The Balaban J connectivity index is 1.15. The number of nitrogens with one attached hydrogen (secondary N) is 1. The van der Waals surface area contributed by atoms with Crippen LogP contribution in [0.15, 0.2) is 47.4 Å². The van der Waals surface area contributed by atoms with Gasteiger partial charge in [-0.25, -0.2) is 0 Å². The topological polar surface area (TPSA) is 155 Å². The molecule has 0 spiro atoms. The Hall–Kier alpha value is -3.65. The van der Waals surface area contributed by atoms with Crippen LogP contribution in [0.25, 0.3) is 0 Å². The molecule has 1 unspecified atom stereocenters. The Bertz CT molecular complexity index is 1410. The zero-order valence-electron chi connectivity index (χ0n) is 22.1. The Labute approximate surface area is 231 Å². The lowest BCUT2D eigenvalue weighted by atomic mass is 9.89. The van der Waals surface area contributed by atoms with Crippen molar-refractivity contribution >= 4 is 33.7 Å². The summed E-state index contributed by atoms with van der Waals surface area (Å²) in [5, 5.41) is 2.20. The van der Waals surface area contributed by atoms with Crippen LogP contribution in [0.2, 0.25) is 0 Å². The first-order valence-electron chi connectivity index (χ1n) is 12.6. The first-order chi connectivity index (χ1) is 19.0. The van der Waals surface area contributed by atoms with E-state index in [2.05, 4.69) is 5.32 Å². The summed E-state index contributed by atoms with van der Waals surface area (Å²) in [5.41, 5.74) is -0.236. The minimum absolute atomic E-state index is 0.0265. The van der Waals surface area contributed by atoms with Crippen molar-refractivity contribution < 1.29 is 46.0 Å². The highest BCUT2D eigenvalue weighted by Gasteiger charge is 2.52. The van der Waals surface area contributed by atoms with Crippen LogP contribution in [-0.4, -0.2) is 82.1 Å². The highest BCUT2D eigenvalue weighted by Crippen LogP contribution is 2.35. The summed E-state index contributed by atoms with van der Waals surface area (Å²) in [5.74, 6) is -2.00. The third-order valence-corrected chi connectivity index (χ3v) is 7.90. The molecule has 0 saturated carbocycles. The van der Waals surface area contributed by atoms with Gasteiger partial charge in [-0.1, -0.05) is 17.7 Å². The van der Waals surface area contributed by atoms with Crippen molar-refractivity contribution in [2.24, 2.45) is 0 Å². The molecule has 0 bridgehead atoms. The lowest BCUT2D eigenvalue weighted by Crippen LogP contribution is -2.62. The molecule has 2 aromatic carbocycles. The Kier molecular flexibility index (Phi) is 8.98. The number of amides is 4. The van der Waals surface area contributed by atoms with E-state index in [1.807, 2.05) is 6.92 Å². The summed E-state index contributed by atoms with van der Waals surface area (Å²) in [4.78, 5) is 51.0. The lowest BCUT2D eigenvalue weighted by molar-refractivity contribution is -0.140. The molecule has 1 atom stereocenters. The van der Waals surface area contributed by atoms with E-state index < -0.39 is 39.3 Å². The standard InChI is InChI=1S/C27H30N2O10S/c1-18-3-6-20(7-4-18)40(34,35)39-16-14-37-12-11-36-13-15-38-19-5-8-21-22(17-19)25(32)29(24(21)31)27(2)10-9-23(30)28-26(27)33/h3-8,17H,9-16H2,1-2H3,(H,28,30,33). The largest absolute Gasteiger partial charge is 0.491 e. The summed E-state index contributed by atoms with van der Waals surface area (Å²) in [6.45, 7) is 4.10. The van der Waals surface area contributed by atoms with Crippen molar-refractivity contribution in [1.29, 1.82) is 0 Å². The molecule has 1 fully saturated rings. The van der Waals surface area contributed by atoms with Crippen LogP contribution in [0.3, 0.4) is 0 Å². The smallest absolute Gasteiger partial charge is 0.297 e. The number of imide groups is 2. The number of fused-ring (bicyclic) bond motifs is 1. The van der Waals surface area contributed by atoms with E-state index in [-0.39, 0.29) is 68.5 Å². The van der Waals surface area contributed by atoms with Gasteiger partial charge in [-0.2, -0.15) is 8.42 Å². The average Bonchev–Trinajstić information content (AvgIpc) is 3.17. The van der Waals surface area contributed by atoms with Crippen molar-refractivity contribution in [3.8, 4) is 5.75 Å². The third-order valence-electron chi connectivity index (χ3n) is 6.58. The number of rotatable bonds is 13. The first-order valence-corrected chi connectivity index (χ1v) is 14.1. The van der Waals surface area contributed by atoms with E-state index in [9.17, 15) is 27.6 Å². The molecule has 214 valence electrons. The Morgan fingerprint density at radius 2 is 1.48 bits per heavy atom. The monoisotopic (exact) mass is 574 g/mol. The normalized spacial score (nSPS) is 19.1. The van der Waals surface area contributed by atoms with Crippen LogP contribution < -0.4 is 10.1 Å². The van der Waals surface area contributed by atoms with Gasteiger partial charge in [0.2, 0.25) is 5.91 Å². The first kappa shape index (κ1) is 29.3. The zero-order valence-corrected chi connectivity index (χ0v) is 23.0. The molecule has 2 aliphatic rings. The molecule has 4 rings (SSSR count). The Morgan fingerprint density at radius 3 is 2.15 bits per heavy atom. The number of hydrogen-bond donors (Lipinski definition) is 1. The van der Waals surface area contributed by atoms with Gasteiger partial charge >= 0.3 is 0 Å². The molecule has 13 heteroatoms. The molecule has 0 radical (unpaired) electrons. The van der Waals surface area contributed by atoms with Crippen LogP contribution in [0, 0.1) is 6.92 Å². The van der Waals surface area contributed by atoms with Crippen molar-refractivity contribution in [2.45, 2.75) is 37.1 Å². The number of aryl methyl sites for hydroxylation is 1. The summed E-state index contributed by atoms with van der Waals surface area (Å²) < 4.78 is 45.6. The second-order valence-corrected chi connectivity index (χ2v) is 11.1. The number of nitrogens with zero attached hydrogens (tertiary/aromatic N) is 1. The van der Waals surface area contributed by atoms with Crippen LogP contribution in [0.1, 0.15) is 46.0 Å². The molecule has 1 N–H and O–H groups in total. The molecule has 0 aliphatic carbocycles. The van der Waals surface area contributed by atoms with Crippen molar-refractivity contribution in [1.82, 2.24) is 10.2 Å². The van der Waals surface area contributed by atoms with Gasteiger partial charge in [0.1, 0.15) is 17.9 Å². The number of carbonyl (C=O) groups is 4. The van der Waals surface area contributed by atoms with E-state index >= 15 is 0 Å². The molecule has 12 nitrogen and oxygen atoms in total. The van der Waals surface area contributed by atoms with Crippen LogP contribution >= 0.6 is 0 Å². The molecule has 2 aliphatic heterocycles. The minimum Gasteiger partial charge on any atom is -0.491 e. The Morgan fingerprint density at radius 1 is 0.850 bits per heavy atom. The summed E-state index contributed by atoms with van der Waals surface area (Å²) in [6.07, 6.45) is 0.0752. The van der Waals surface area contributed by atoms with Gasteiger partial charge in [-0.15, -0.1) is 0 Å². The molecule has 40 heavy (non-hydrogen) atoms. The fourth-order valence-electron chi connectivity index (χ4n) is 4.28. The number of piperidine rings is 1. The maximum atomic E-state index is 13.1. The minimum atomic E-state index is -3.84. The van der Waals surface area contributed by atoms with Gasteiger partial charge < -0.3 is 14.2 Å². The fourth-order valence-corrected chi connectivity index (χ4v) is 5.17. The highest BCUT2D eigenvalue weighted by molar-refractivity contribution is 7.86. The molecule has 0 aromatic heterocycles. The van der Waals surface area contributed by atoms with Crippen molar-refractivity contribution in [3.63, 3.8) is 0 Å². The van der Waals surface area contributed by atoms with Crippen molar-refractivity contribution in [3.05, 3.63) is 59.2 Å². The predicted molar refractivity (Wildman–Crippen MR) is 139 cm³/mol. The van der Waals surface area contributed by atoms with Gasteiger partial charge in [0.15, 0.2) is 0 Å².